The van der Waals surface area contributed by atoms with E-state index in [0.29, 0.717) is 18.1 Å². The fourth-order valence-electron chi connectivity index (χ4n) is 2.41. The molecule has 0 aromatic heterocycles. The van der Waals surface area contributed by atoms with Gasteiger partial charge in [0.15, 0.2) is 11.5 Å². The Hall–Kier alpha value is -2.95. The average Bonchev–Trinajstić information content (AvgIpc) is 2.66. The molecule has 5 nitrogen and oxygen atoms in total. The molecule has 0 amide bonds. The Morgan fingerprint density at radius 2 is 1.52 bits per heavy atom. The fraction of sp³-hybridized carbons (Fsp3) is 0.250. The van der Waals surface area contributed by atoms with Crippen LogP contribution in [-0.2, 0) is 9.53 Å². The predicted octanol–water partition coefficient (Wildman–Crippen LogP) is 3.71. The van der Waals surface area contributed by atoms with Gasteiger partial charge in [-0.05, 0) is 47.9 Å². The third-order valence-corrected chi connectivity index (χ3v) is 3.64. The van der Waals surface area contributed by atoms with Crippen LogP contribution in [0.1, 0.15) is 18.1 Å². The van der Waals surface area contributed by atoms with Gasteiger partial charge in [-0.1, -0.05) is 18.2 Å². The Morgan fingerprint density at radius 1 is 0.880 bits per heavy atom. The van der Waals surface area contributed by atoms with Crippen LogP contribution in [0.15, 0.2) is 48.5 Å². The first-order valence-electron chi connectivity index (χ1n) is 7.88. The van der Waals surface area contributed by atoms with E-state index in [9.17, 15) is 4.79 Å². The molecule has 0 saturated carbocycles. The highest BCUT2D eigenvalue weighted by Gasteiger charge is 2.12. The Labute approximate surface area is 147 Å². The Balaban J connectivity index is 2.52. The van der Waals surface area contributed by atoms with E-state index in [0.717, 1.165) is 22.4 Å². The number of carbonyl (C=O) groups is 1. The highest BCUT2D eigenvalue weighted by Crippen LogP contribution is 2.33. The van der Waals surface area contributed by atoms with E-state index in [4.69, 9.17) is 18.9 Å². The minimum absolute atomic E-state index is 0.317. The van der Waals surface area contributed by atoms with Crippen LogP contribution >= 0.6 is 0 Å². The Bertz CT molecular complexity index is 747. The van der Waals surface area contributed by atoms with Crippen LogP contribution in [0.25, 0.3) is 5.57 Å². The van der Waals surface area contributed by atoms with Gasteiger partial charge in [-0.15, -0.1) is 0 Å². The molecule has 0 unspecified atom stereocenters. The monoisotopic (exact) mass is 342 g/mol. The number of ether oxygens (including phenoxy) is 4. The molecule has 5 heteroatoms. The number of rotatable bonds is 7. The van der Waals surface area contributed by atoms with Crippen molar-refractivity contribution in [3.8, 4) is 17.2 Å². The highest BCUT2D eigenvalue weighted by molar-refractivity contribution is 5.96. The topological polar surface area (TPSA) is 54.0 Å². The van der Waals surface area contributed by atoms with Crippen molar-refractivity contribution in [3.05, 3.63) is 59.7 Å². The van der Waals surface area contributed by atoms with E-state index in [1.807, 2.05) is 36.4 Å². The molecule has 0 spiro atoms. The van der Waals surface area contributed by atoms with Crippen LogP contribution < -0.4 is 14.2 Å². The van der Waals surface area contributed by atoms with Crippen molar-refractivity contribution in [2.24, 2.45) is 0 Å². The number of hydrogen-bond acceptors (Lipinski definition) is 5. The van der Waals surface area contributed by atoms with Gasteiger partial charge >= 0.3 is 5.97 Å². The quantitative estimate of drug-likeness (QED) is 0.567. The maximum Gasteiger partial charge on any atom is 0.331 e. The van der Waals surface area contributed by atoms with Gasteiger partial charge < -0.3 is 18.9 Å². The normalized spacial score (nSPS) is 11.0. The van der Waals surface area contributed by atoms with Crippen LogP contribution in [0.3, 0.4) is 0 Å². The third-order valence-electron chi connectivity index (χ3n) is 3.64. The van der Waals surface area contributed by atoms with Crippen molar-refractivity contribution in [2.75, 3.05) is 27.9 Å². The summed E-state index contributed by atoms with van der Waals surface area (Å²) in [5.74, 6) is 1.55. The van der Waals surface area contributed by atoms with Crippen LogP contribution in [-0.4, -0.2) is 33.9 Å². The smallest absolute Gasteiger partial charge is 0.331 e. The fourth-order valence-corrected chi connectivity index (χ4v) is 2.41. The molecule has 0 N–H and O–H groups in total. The lowest BCUT2D eigenvalue weighted by molar-refractivity contribution is -0.137. The summed E-state index contributed by atoms with van der Waals surface area (Å²) in [5.41, 5.74) is 2.40. The summed E-state index contributed by atoms with van der Waals surface area (Å²) in [6.45, 7) is 2.09. The number of benzene rings is 2. The maximum absolute atomic E-state index is 12.0. The first-order chi connectivity index (χ1) is 12.1. The molecule has 2 aromatic rings. The summed E-state index contributed by atoms with van der Waals surface area (Å²) in [6.07, 6.45) is 1.48. The summed E-state index contributed by atoms with van der Waals surface area (Å²) >= 11 is 0. The first-order valence-corrected chi connectivity index (χ1v) is 7.88. The van der Waals surface area contributed by atoms with Crippen LogP contribution in [0, 0.1) is 0 Å². The lowest BCUT2D eigenvalue weighted by Gasteiger charge is -2.13. The van der Waals surface area contributed by atoms with E-state index in [1.54, 1.807) is 34.3 Å². The van der Waals surface area contributed by atoms with E-state index in [-0.39, 0.29) is 0 Å². The molecular weight excluding hydrogens is 320 g/mol. The van der Waals surface area contributed by atoms with Gasteiger partial charge in [0, 0.05) is 6.08 Å². The van der Waals surface area contributed by atoms with Crippen LogP contribution in [0.5, 0.6) is 17.2 Å². The zero-order chi connectivity index (χ0) is 18.2. The van der Waals surface area contributed by atoms with Crippen LogP contribution in [0.4, 0.5) is 0 Å². The largest absolute Gasteiger partial charge is 0.497 e. The summed E-state index contributed by atoms with van der Waals surface area (Å²) in [6, 6.07) is 13.0. The maximum atomic E-state index is 12.0. The number of hydrogen-bond donors (Lipinski definition) is 0. The van der Waals surface area contributed by atoms with Gasteiger partial charge in [0.05, 0.1) is 27.9 Å². The van der Waals surface area contributed by atoms with Gasteiger partial charge in [-0.2, -0.15) is 0 Å². The molecule has 0 fully saturated rings. The predicted molar refractivity (Wildman–Crippen MR) is 96.3 cm³/mol. The van der Waals surface area contributed by atoms with E-state index in [1.165, 1.54) is 6.08 Å². The molecule has 0 heterocycles. The van der Waals surface area contributed by atoms with Gasteiger partial charge in [-0.25, -0.2) is 4.79 Å². The zero-order valence-electron chi connectivity index (χ0n) is 14.9. The lowest BCUT2D eigenvalue weighted by Crippen LogP contribution is -2.02. The second-order valence-electron chi connectivity index (χ2n) is 5.11. The van der Waals surface area contributed by atoms with Gasteiger partial charge in [0.1, 0.15) is 5.75 Å². The van der Waals surface area contributed by atoms with Gasteiger partial charge in [-0.3, -0.25) is 0 Å². The molecule has 0 atom stereocenters. The van der Waals surface area contributed by atoms with E-state index >= 15 is 0 Å². The van der Waals surface area contributed by atoms with Crippen molar-refractivity contribution < 1.29 is 23.7 Å². The zero-order valence-corrected chi connectivity index (χ0v) is 14.9. The molecule has 0 radical (unpaired) electrons. The molecule has 132 valence electrons. The summed E-state index contributed by atoms with van der Waals surface area (Å²) in [4.78, 5) is 12.0. The third kappa shape index (κ3) is 4.53. The minimum atomic E-state index is -0.400. The first kappa shape index (κ1) is 18.4. The minimum Gasteiger partial charge on any atom is -0.497 e. The SMILES string of the molecule is CCOC(=O)C=C(c1ccc(OC)cc1)c1ccc(OC)c(OC)c1. The molecule has 25 heavy (non-hydrogen) atoms. The van der Waals surface area contributed by atoms with E-state index in [2.05, 4.69) is 0 Å². The second kappa shape index (κ2) is 8.78. The Morgan fingerprint density at radius 3 is 2.08 bits per heavy atom. The summed E-state index contributed by atoms with van der Waals surface area (Å²) in [5, 5.41) is 0. The van der Waals surface area contributed by atoms with Crippen molar-refractivity contribution in [1.82, 2.24) is 0 Å². The molecule has 2 rings (SSSR count). The molecule has 0 aliphatic carbocycles. The summed E-state index contributed by atoms with van der Waals surface area (Å²) in [7, 11) is 4.76. The average molecular weight is 342 g/mol. The lowest BCUT2D eigenvalue weighted by atomic mass is 9.97. The van der Waals surface area contributed by atoms with Gasteiger partial charge in [0.2, 0.25) is 0 Å². The van der Waals surface area contributed by atoms with Gasteiger partial charge in [0.25, 0.3) is 0 Å². The molecule has 0 aliphatic heterocycles. The molecule has 0 saturated heterocycles. The molecule has 0 bridgehead atoms. The van der Waals surface area contributed by atoms with E-state index < -0.39 is 5.97 Å². The van der Waals surface area contributed by atoms with Crippen molar-refractivity contribution in [3.63, 3.8) is 0 Å². The molecule has 0 aliphatic rings. The number of carbonyl (C=O) groups excluding carboxylic acids is 1. The Kier molecular flexibility index (Phi) is 6.46. The van der Waals surface area contributed by atoms with Crippen molar-refractivity contribution in [1.29, 1.82) is 0 Å². The van der Waals surface area contributed by atoms with Crippen molar-refractivity contribution >= 4 is 11.5 Å². The standard InChI is InChI=1S/C20H22O5/c1-5-25-20(21)13-17(14-6-9-16(22-2)10-7-14)15-8-11-18(23-3)19(12-15)24-4/h6-13H,5H2,1-4H3. The molecular formula is C20H22O5. The van der Waals surface area contributed by atoms with Crippen LogP contribution in [0.2, 0.25) is 0 Å². The number of esters is 1. The van der Waals surface area contributed by atoms with Crippen molar-refractivity contribution in [2.45, 2.75) is 6.92 Å². The highest BCUT2D eigenvalue weighted by atomic mass is 16.5. The number of methoxy groups -OCH3 is 3. The summed E-state index contributed by atoms with van der Waals surface area (Å²) < 4.78 is 20.9. The molecule has 2 aromatic carbocycles. The second-order valence-corrected chi connectivity index (χ2v) is 5.11.